The number of H-pyrrole nitrogens is 3. The van der Waals surface area contributed by atoms with Gasteiger partial charge in [-0.15, -0.1) is 5.10 Å². The van der Waals surface area contributed by atoms with Gasteiger partial charge < -0.3 is 46.1 Å². The van der Waals surface area contributed by atoms with E-state index < -0.39 is 5.56 Å². The Bertz CT molecular complexity index is 5230. The summed E-state index contributed by atoms with van der Waals surface area (Å²) in [5.41, 5.74) is 25.0. The summed E-state index contributed by atoms with van der Waals surface area (Å²) in [4.78, 5) is 88.9. The van der Waals surface area contributed by atoms with Crippen molar-refractivity contribution >= 4 is 67.9 Å². The van der Waals surface area contributed by atoms with Crippen LogP contribution >= 0.6 is 0 Å². The number of amides is 3. The Morgan fingerprint density at radius 3 is 1.17 bits per heavy atom. The maximum atomic E-state index is 12.8. The molecule has 0 spiro atoms. The van der Waals surface area contributed by atoms with Crippen LogP contribution in [0.2, 0.25) is 0 Å². The minimum absolute atomic E-state index is 0.139. The van der Waals surface area contributed by atoms with Gasteiger partial charge in [-0.2, -0.15) is 35.7 Å². The molecular formula is C74H74N22O9. The third-order valence-electron chi connectivity index (χ3n) is 18.2. The fourth-order valence-electron chi connectivity index (χ4n) is 13.1. The van der Waals surface area contributed by atoms with Crippen molar-refractivity contribution in [3.05, 3.63) is 207 Å². The van der Waals surface area contributed by atoms with Gasteiger partial charge in [0.25, 0.3) is 16.7 Å². The molecule has 31 heteroatoms. The van der Waals surface area contributed by atoms with Crippen LogP contribution in [-0.4, -0.2) is 152 Å². The molecule has 3 atom stereocenters. The van der Waals surface area contributed by atoms with Crippen LogP contribution < -0.4 is 48.1 Å². The van der Waals surface area contributed by atoms with Gasteiger partial charge in [0.2, 0.25) is 35.4 Å². The van der Waals surface area contributed by atoms with E-state index in [1.165, 1.54) is 18.2 Å². The number of aryl methyl sites for hydroxylation is 3. The van der Waals surface area contributed by atoms with E-state index in [9.17, 15) is 28.8 Å². The lowest BCUT2D eigenvalue weighted by Gasteiger charge is -2.32. The molecule has 105 heavy (non-hydrogen) atoms. The second-order valence-electron chi connectivity index (χ2n) is 25.4. The maximum Gasteiger partial charge on any atom is 0.290 e. The molecule has 0 radical (unpaired) electrons. The highest BCUT2D eigenvalue weighted by Gasteiger charge is 2.33. The van der Waals surface area contributed by atoms with E-state index in [-0.39, 0.29) is 64.4 Å². The minimum atomic E-state index is -0.391. The maximum absolute atomic E-state index is 12.8. The topological polar surface area (TPSA) is 409 Å². The van der Waals surface area contributed by atoms with Gasteiger partial charge in [0, 0.05) is 86.0 Å². The Morgan fingerprint density at radius 1 is 0.457 bits per heavy atom. The number of fused-ring (bicyclic) bond motifs is 3. The predicted octanol–water partition coefficient (Wildman–Crippen LogP) is 9.04. The average Bonchev–Trinajstić information content (AvgIpc) is 1.62. The van der Waals surface area contributed by atoms with Gasteiger partial charge >= 0.3 is 0 Å². The first-order valence-corrected chi connectivity index (χ1v) is 33.9. The SMILES string of the molecule is C=CC(=O)N1CCC[C@@H](n2nc(-c3ccc(Oc4ccc(C)cn4)cc3)c3c(N)n[nH]c(=O)c32)C1.C=CC(=O)N1CCC[C@@H](n2nc(-c3ccc(Oc4ccc(C)nn4)cc3)c3c(N)n[nH]c(=O)c32)C1.C=CC(=O)N1CCC[C@@H](n2nc(-c3ccc(Oc4cccc(C)n4)cc3)c3c(N)n[nH]c(=O)c32)C1. The number of pyridine rings is 2. The van der Waals surface area contributed by atoms with Gasteiger partial charge in [-0.3, -0.25) is 42.8 Å². The van der Waals surface area contributed by atoms with Crippen LogP contribution in [0.5, 0.6) is 34.9 Å². The van der Waals surface area contributed by atoms with Gasteiger partial charge in [-0.25, -0.2) is 25.3 Å². The number of hydrogen-bond acceptors (Lipinski definition) is 22. The summed E-state index contributed by atoms with van der Waals surface area (Å²) in [5, 5.41) is 43.1. The number of nitrogens with zero attached hydrogens (tertiary/aromatic N) is 16. The Hall–Kier alpha value is -13.5. The van der Waals surface area contributed by atoms with Crippen molar-refractivity contribution in [2.24, 2.45) is 0 Å². The van der Waals surface area contributed by atoms with Crippen LogP contribution in [0.1, 0.15) is 73.6 Å². The van der Waals surface area contributed by atoms with Gasteiger partial charge in [0.05, 0.1) is 40.0 Å². The molecule has 0 saturated carbocycles. The lowest BCUT2D eigenvalue weighted by molar-refractivity contribution is -0.128. The number of nitrogen functional groups attached to an aromatic ring is 3. The zero-order chi connectivity index (χ0) is 73.6. The average molecular weight is 1420 g/mol. The minimum Gasteiger partial charge on any atom is -0.439 e. The number of aromatic amines is 3. The highest BCUT2D eigenvalue weighted by atomic mass is 16.5. The summed E-state index contributed by atoms with van der Waals surface area (Å²) in [5.74, 6) is 3.30. The van der Waals surface area contributed by atoms with Crippen molar-refractivity contribution in [2.45, 2.75) is 77.4 Å². The molecule has 31 nitrogen and oxygen atoms in total. The molecule has 0 unspecified atom stereocenters. The molecule has 12 aromatic rings. The van der Waals surface area contributed by atoms with Gasteiger partial charge in [0.1, 0.15) is 50.9 Å². The van der Waals surface area contributed by atoms with Crippen LogP contribution in [-0.2, 0) is 14.4 Å². The predicted molar refractivity (Wildman–Crippen MR) is 394 cm³/mol. The van der Waals surface area contributed by atoms with E-state index in [2.05, 4.69) is 70.5 Å². The molecule has 3 saturated heterocycles. The molecule has 3 aromatic carbocycles. The number of anilines is 3. The van der Waals surface area contributed by atoms with Crippen molar-refractivity contribution < 1.29 is 28.6 Å². The molecule has 3 amide bonds. The van der Waals surface area contributed by atoms with Gasteiger partial charge in [-0.05, 0) is 168 Å². The van der Waals surface area contributed by atoms with E-state index >= 15 is 0 Å². The molecule has 0 aliphatic carbocycles. The Morgan fingerprint density at radius 2 is 0.829 bits per heavy atom. The van der Waals surface area contributed by atoms with Crippen molar-refractivity contribution in [1.29, 1.82) is 0 Å². The van der Waals surface area contributed by atoms with E-state index in [0.29, 0.717) is 124 Å². The number of nitrogens with one attached hydrogen (secondary N) is 3. The van der Waals surface area contributed by atoms with Crippen molar-refractivity contribution in [3.8, 4) is 68.7 Å². The number of carbonyl (C=O) groups is 3. The number of carbonyl (C=O) groups excluding carboxylic acids is 3. The molecule has 15 rings (SSSR count). The molecule has 9 aromatic heterocycles. The molecule has 12 heterocycles. The van der Waals surface area contributed by atoms with E-state index in [1.807, 2.05) is 112 Å². The number of hydrogen-bond donors (Lipinski definition) is 6. The molecule has 3 fully saturated rings. The van der Waals surface area contributed by atoms with Crippen molar-refractivity contribution in [2.75, 3.05) is 56.5 Å². The summed E-state index contributed by atoms with van der Waals surface area (Å²) < 4.78 is 22.5. The van der Waals surface area contributed by atoms with Crippen LogP contribution in [0.15, 0.2) is 174 Å². The van der Waals surface area contributed by atoms with Gasteiger partial charge in [0.15, 0.2) is 17.5 Å². The highest BCUT2D eigenvalue weighted by molar-refractivity contribution is 6.02. The fraction of sp³-hybridized carbons (Fsp3) is 0.243. The number of ether oxygens (including phenoxy) is 3. The second kappa shape index (κ2) is 30.4. The van der Waals surface area contributed by atoms with Crippen molar-refractivity contribution in [3.63, 3.8) is 0 Å². The number of aromatic nitrogens is 16. The summed E-state index contributed by atoms with van der Waals surface area (Å²) in [6.45, 7) is 19.7. The summed E-state index contributed by atoms with van der Waals surface area (Å²) >= 11 is 0. The number of piperidine rings is 3. The zero-order valence-corrected chi connectivity index (χ0v) is 57.7. The third-order valence-corrected chi connectivity index (χ3v) is 18.2. The molecule has 3 aliphatic rings. The first-order chi connectivity index (χ1) is 50.8. The monoisotopic (exact) mass is 1410 g/mol. The molecule has 534 valence electrons. The van der Waals surface area contributed by atoms with Crippen LogP contribution in [0.3, 0.4) is 0 Å². The molecule has 9 N–H and O–H groups in total. The Balaban J connectivity index is 0.000000140. The van der Waals surface area contributed by atoms with Crippen LogP contribution in [0.4, 0.5) is 17.5 Å². The first-order valence-electron chi connectivity index (χ1n) is 33.9. The number of benzene rings is 3. The Labute approximate surface area is 598 Å². The fourth-order valence-corrected chi connectivity index (χ4v) is 13.1. The first kappa shape index (κ1) is 70.0. The summed E-state index contributed by atoms with van der Waals surface area (Å²) in [6.07, 6.45) is 10.3. The molecular weight excluding hydrogens is 1340 g/mol. The molecule has 3 aliphatic heterocycles. The normalized spacial score (nSPS) is 15.8. The number of nitrogens with two attached hydrogens (primary N) is 3. The zero-order valence-electron chi connectivity index (χ0n) is 57.7. The van der Waals surface area contributed by atoms with Crippen LogP contribution in [0.25, 0.3) is 66.5 Å². The smallest absolute Gasteiger partial charge is 0.290 e. The van der Waals surface area contributed by atoms with E-state index in [1.54, 1.807) is 59.2 Å². The largest absolute Gasteiger partial charge is 0.439 e. The van der Waals surface area contributed by atoms with E-state index in [4.69, 9.17) is 46.7 Å². The van der Waals surface area contributed by atoms with E-state index in [0.717, 1.165) is 72.2 Å². The highest BCUT2D eigenvalue weighted by Crippen LogP contribution is 2.39. The summed E-state index contributed by atoms with van der Waals surface area (Å²) in [7, 11) is 0. The number of likely N-dealkylation sites (tertiary alicyclic amines) is 3. The summed E-state index contributed by atoms with van der Waals surface area (Å²) in [6, 6.07) is 34.2. The Kier molecular flexibility index (Phi) is 20.2. The quantitative estimate of drug-likeness (QED) is 0.0521. The standard InChI is InChI=1S/2C25H25N7O3.C24H24N8O3/c1-3-20(33)31-13-5-7-17(14-31)32-23-21(24(26)28-29-25(23)34)22(30-32)16-9-11-18(12-10-16)35-19-8-4-6-15(2)27-19;1-3-20(33)31-12-4-5-17(14-31)32-23-21(24(26)28-29-25(23)34)22(30-32)16-7-9-18(10-8-16)35-19-11-6-15(2)13-27-19;1-3-19(33)31-12-4-5-16(13-31)32-22-20(23(25)28-29-24(22)34)21(30-32)15-7-9-17(10-8-15)35-18-11-6-14(2)26-27-18/h3-4,6,8-12,17H,1,5,7,13-14H2,2H3,(H2,26,28)(H,29,34);3,6-11,13,17H,1,4-5,12,14H2,2H3,(H2,26,28)(H,29,34);3,6-11,16H,1,4-5,12-13H2,2H3,(H2,25,28)(H,29,34)/t2*17-;16-/m111/s1. The third kappa shape index (κ3) is 15.0. The number of rotatable bonds is 15. The van der Waals surface area contributed by atoms with Gasteiger partial charge in [-0.1, -0.05) is 31.9 Å². The second-order valence-corrected chi connectivity index (χ2v) is 25.4. The van der Waals surface area contributed by atoms with Crippen molar-refractivity contribution in [1.82, 2.24) is 94.8 Å². The lowest BCUT2D eigenvalue weighted by Crippen LogP contribution is -2.40. The lowest BCUT2D eigenvalue weighted by atomic mass is 10.1. The van der Waals surface area contributed by atoms with Crippen LogP contribution in [0, 0.1) is 20.8 Å². The molecule has 0 bridgehead atoms.